The summed E-state index contributed by atoms with van der Waals surface area (Å²) in [6.45, 7) is 2.95. The number of piperidine rings is 1. The maximum atomic E-state index is 12.8. The molecule has 1 aromatic heterocycles. The van der Waals surface area contributed by atoms with E-state index in [-0.39, 0.29) is 11.9 Å². The van der Waals surface area contributed by atoms with Gasteiger partial charge in [0.15, 0.2) is 0 Å². The van der Waals surface area contributed by atoms with Gasteiger partial charge in [0, 0.05) is 48.7 Å². The number of rotatable bonds is 5. The van der Waals surface area contributed by atoms with E-state index in [1.807, 2.05) is 36.4 Å². The normalized spacial score (nSPS) is 15.2. The van der Waals surface area contributed by atoms with Gasteiger partial charge in [-0.2, -0.15) is 0 Å². The van der Waals surface area contributed by atoms with Crippen LogP contribution in [0.2, 0.25) is 0 Å². The van der Waals surface area contributed by atoms with E-state index in [9.17, 15) is 4.79 Å². The molecule has 1 fully saturated rings. The van der Waals surface area contributed by atoms with Crippen molar-refractivity contribution in [1.29, 1.82) is 0 Å². The molecule has 0 bridgehead atoms. The molecule has 1 aliphatic heterocycles. The van der Waals surface area contributed by atoms with E-state index in [0.717, 1.165) is 43.7 Å². The van der Waals surface area contributed by atoms with Crippen LogP contribution in [0.1, 0.15) is 28.8 Å². The number of nitrogens with zero attached hydrogens (tertiary/aromatic N) is 2. The lowest BCUT2D eigenvalue weighted by Crippen LogP contribution is -2.44. The van der Waals surface area contributed by atoms with Crippen molar-refractivity contribution in [3.8, 4) is 11.3 Å². The Morgan fingerprint density at radius 2 is 1.83 bits per heavy atom. The van der Waals surface area contributed by atoms with Crippen LogP contribution in [0.4, 0.5) is 5.69 Å². The fourth-order valence-corrected chi connectivity index (χ4v) is 3.77. The van der Waals surface area contributed by atoms with Gasteiger partial charge in [0.05, 0.1) is 5.69 Å². The molecule has 2 heterocycles. The number of nitrogens with two attached hydrogens (primary N) is 1. The molecule has 0 spiro atoms. The van der Waals surface area contributed by atoms with Gasteiger partial charge >= 0.3 is 0 Å². The number of benzene rings is 2. The predicted molar refractivity (Wildman–Crippen MR) is 116 cm³/mol. The molecule has 4 rings (SSSR count). The number of anilines is 1. The summed E-state index contributed by atoms with van der Waals surface area (Å²) in [5.41, 5.74) is 10.2. The minimum absolute atomic E-state index is 0.0425. The highest BCUT2D eigenvalue weighted by Crippen LogP contribution is 2.20. The quantitative estimate of drug-likeness (QED) is 0.656. The van der Waals surface area contributed by atoms with Crippen LogP contribution in [0.25, 0.3) is 11.3 Å². The third-order valence-corrected chi connectivity index (χ3v) is 5.38. The van der Waals surface area contributed by atoms with E-state index in [1.54, 1.807) is 12.3 Å². The smallest absolute Gasteiger partial charge is 0.251 e. The molecule has 5 heteroatoms. The first-order chi connectivity index (χ1) is 14.2. The van der Waals surface area contributed by atoms with Gasteiger partial charge in [-0.1, -0.05) is 42.5 Å². The molecule has 29 heavy (non-hydrogen) atoms. The number of pyridine rings is 1. The third kappa shape index (κ3) is 5.00. The van der Waals surface area contributed by atoms with Gasteiger partial charge in [0.25, 0.3) is 5.91 Å². The fraction of sp³-hybridized carbons (Fsp3) is 0.250. The molecule has 0 unspecified atom stereocenters. The Balaban J connectivity index is 1.34. The number of hydrogen-bond donors (Lipinski definition) is 2. The number of carbonyl (C=O) groups is 1. The van der Waals surface area contributed by atoms with Gasteiger partial charge in [-0.3, -0.25) is 14.7 Å². The zero-order valence-electron chi connectivity index (χ0n) is 16.4. The van der Waals surface area contributed by atoms with E-state index < -0.39 is 0 Å². The number of carbonyl (C=O) groups excluding carboxylic acids is 1. The Morgan fingerprint density at radius 3 is 2.59 bits per heavy atom. The summed E-state index contributed by atoms with van der Waals surface area (Å²) in [4.78, 5) is 19.6. The molecular formula is C24H26N4O. The average molecular weight is 386 g/mol. The first-order valence-electron chi connectivity index (χ1n) is 10.1. The second kappa shape index (κ2) is 8.88. The molecule has 1 saturated heterocycles. The minimum Gasteiger partial charge on any atom is -0.399 e. The molecule has 3 N–H and O–H groups in total. The van der Waals surface area contributed by atoms with Crippen LogP contribution in [-0.4, -0.2) is 34.9 Å². The first-order valence-corrected chi connectivity index (χ1v) is 10.1. The maximum absolute atomic E-state index is 12.8. The van der Waals surface area contributed by atoms with Crippen molar-refractivity contribution in [2.24, 2.45) is 0 Å². The van der Waals surface area contributed by atoms with Crippen molar-refractivity contribution < 1.29 is 4.79 Å². The number of likely N-dealkylation sites (tertiary alicyclic amines) is 1. The second-order valence-corrected chi connectivity index (χ2v) is 7.56. The standard InChI is InChI=1S/C24H26N4O/c25-21-8-4-7-19(15-21)23-16-20(9-12-26-23)24(29)27-22-10-13-28(14-11-22)17-18-5-2-1-3-6-18/h1-9,12,15-16,22H,10-11,13-14,17,25H2,(H,27,29). The maximum Gasteiger partial charge on any atom is 0.251 e. The van der Waals surface area contributed by atoms with Crippen LogP contribution in [0.15, 0.2) is 72.9 Å². The zero-order chi connectivity index (χ0) is 20.1. The van der Waals surface area contributed by atoms with Crippen molar-refractivity contribution in [1.82, 2.24) is 15.2 Å². The van der Waals surface area contributed by atoms with Gasteiger partial charge < -0.3 is 11.1 Å². The molecule has 2 aromatic carbocycles. The third-order valence-electron chi connectivity index (χ3n) is 5.38. The van der Waals surface area contributed by atoms with Gasteiger partial charge in [-0.15, -0.1) is 0 Å². The van der Waals surface area contributed by atoms with Gasteiger partial charge in [-0.05, 0) is 42.7 Å². The lowest BCUT2D eigenvalue weighted by atomic mass is 10.0. The van der Waals surface area contributed by atoms with Crippen LogP contribution in [0.5, 0.6) is 0 Å². The molecule has 1 amide bonds. The first kappa shape index (κ1) is 19.2. The van der Waals surface area contributed by atoms with E-state index in [2.05, 4.69) is 39.5 Å². The topological polar surface area (TPSA) is 71.2 Å². The summed E-state index contributed by atoms with van der Waals surface area (Å²) < 4.78 is 0. The van der Waals surface area contributed by atoms with Crippen molar-refractivity contribution >= 4 is 11.6 Å². The fourth-order valence-electron chi connectivity index (χ4n) is 3.77. The van der Waals surface area contributed by atoms with Crippen molar-refractivity contribution in [3.05, 3.63) is 84.1 Å². The molecule has 0 atom stereocenters. The van der Waals surface area contributed by atoms with E-state index in [4.69, 9.17) is 5.73 Å². The molecular weight excluding hydrogens is 360 g/mol. The largest absolute Gasteiger partial charge is 0.399 e. The summed E-state index contributed by atoms with van der Waals surface area (Å²) in [7, 11) is 0. The zero-order valence-corrected chi connectivity index (χ0v) is 16.4. The Labute approximate surface area is 171 Å². The number of aromatic nitrogens is 1. The molecule has 0 radical (unpaired) electrons. The highest BCUT2D eigenvalue weighted by atomic mass is 16.1. The van der Waals surface area contributed by atoms with Gasteiger partial charge in [0.1, 0.15) is 0 Å². The van der Waals surface area contributed by atoms with Crippen molar-refractivity contribution in [3.63, 3.8) is 0 Å². The number of amides is 1. The Bertz CT molecular complexity index is 965. The summed E-state index contributed by atoms with van der Waals surface area (Å²) >= 11 is 0. The second-order valence-electron chi connectivity index (χ2n) is 7.56. The van der Waals surface area contributed by atoms with E-state index in [1.165, 1.54) is 5.56 Å². The average Bonchev–Trinajstić information content (AvgIpc) is 2.76. The summed E-state index contributed by atoms with van der Waals surface area (Å²) in [6, 6.07) is 21.9. The molecule has 0 saturated carbocycles. The van der Waals surface area contributed by atoms with E-state index in [0.29, 0.717) is 11.3 Å². The lowest BCUT2D eigenvalue weighted by molar-refractivity contribution is 0.0909. The Hall–Kier alpha value is -3.18. The highest BCUT2D eigenvalue weighted by Gasteiger charge is 2.21. The molecule has 5 nitrogen and oxygen atoms in total. The number of hydrogen-bond acceptors (Lipinski definition) is 4. The predicted octanol–water partition coefficient (Wildman–Crippen LogP) is 3.73. The van der Waals surface area contributed by atoms with Crippen LogP contribution < -0.4 is 11.1 Å². The van der Waals surface area contributed by atoms with Crippen molar-refractivity contribution in [2.45, 2.75) is 25.4 Å². The van der Waals surface area contributed by atoms with Crippen LogP contribution in [0, 0.1) is 0 Å². The summed E-state index contributed by atoms with van der Waals surface area (Å²) in [6.07, 6.45) is 3.60. The SMILES string of the molecule is Nc1cccc(-c2cc(C(=O)NC3CCN(Cc4ccccc4)CC3)ccn2)c1. The number of nitrogens with one attached hydrogen (secondary N) is 1. The Morgan fingerprint density at radius 1 is 1.03 bits per heavy atom. The monoisotopic (exact) mass is 386 g/mol. The minimum atomic E-state index is -0.0425. The molecule has 3 aromatic rings. The molecule has 148 valence electrons. The van der Waals surface area contributed by atoms with Crippen LogP contribution in [0.3, 0.4) is 0 Å². The lowest BCUT2D eigenvalue weighted by Gasteiger charge is -2.32. The number of nitrogen functional groups attached to an aromatic ring is 1. The molecule has 0 aliphatic carbocycles. The van der Waals surface area contributed by atoms with Gasteiger partial charge in [0.2, 0.25) is 0 Å². The highest BCUT2D eigenvalue weighted by molar-refractivity contribution is 5.95. The van der Waals surface area contributed by atoms with Crippen LogP contribution in [-0.2, 0) is 6.54 Å². The summed E-state index contributed by atoms with van der Waals surface area (Å²) in [5.74, 6) is -0.0425. The van der Waals surface area contributed by atoms with E-state index >= 15 is 0 Å². The van der Waals surface area contributed by atoms with Gasteiger partial charge in [-0.25, -0.2) is 0 Å². The molecule has 1 aliphatic rings. The van der Waals surface area contributed by atoms with Crippen LogP contribution >= 0.6 is 0 Å². The van der Waals surface area contributed by atoms with Crippen molar-refractivity contribution in [2.75, 3.05) is 18.8 Å². The summed E-state index contributed by atoms with van der Waals surface area (Å²) in [5, 5.41) is 3.19. The Kier molecular flexibility index (Phi) is 5.86.